The molecule has 2 aromatic rings. The van der Waals surface area contributed by atoms with Gasteiger partial charge in [-0.2, -0.15) is 0 Å². The molecule has 0 amide bonds. The number of phenols is 1. The van der Waals surface area contributed by atoms with E-state index in [9.17, 15) is 5.11 Å². The van der Waals surface area contributed by atoms with Crippen LogP contribution >= 0.6 is 0 Å². The molecule has 0 heterocycles. The zero-order chi connectivity index (χ0) is 15.4. The van der Waals surface area contributed by atoms with Gasteiger partial charge < -0.3 is 0 Å². The predicted octanol–water partition coefficient (Wildman–Crippen LogP) is 5.30. The van der Waals surface area contributed by atoms with E-state index in [1.165, 1.54) is 36.8 Å². The summed E-state index contributed by atoms with van der Waals surface area (Å²) >= 11 is 0.336. The Balaban J connectivity index is 1.63. The Bertz CT molecular complexity index is 596. The predicted molar refractivity (Wildman–Crippen MR) is 93.7 cm³/mol. The van der Waals surface area contributed by atoms with Gasteiger partial charge in [0.25, 0.3) is 0 Å². The molecule has 1 saturated carbocycles. The Kier molecular flexibility index (Phi) is 5.26. The van der Waals surface area contributed by atoms with E-state index < -0.39 is 0 Å². The van der Waals surface area contributed by atoms with Crippen LogP contribution < -0.4 is 0 Å². The number of aromatic hydroxyl groups is 1. The first-order valence-electron chi connectivity index (χ1n) is 8.26. The summed E-state index contributed by atoms with van der Waals surface area (Å²) in [6, 6.07) is 18.9. The average Bonchev–Trinajstić information content (AvgIpc) is 2.56. The monoisotopic (exact) mass is 355 g/mol. The van der Waals surface area contributed by atoms with Crippen molar-refractivity contribution in [1.82, 2.24) is 0 Å². The fourth-order valence-electron chi connectivity index (χ4n) is 3.51. The van der Waals surface area contributed by atoms with E-state index in [2.05, 4.69) is 43.3 Å². The van der Waals surface area contributed by atoms with E-state index in [-0.39, 0.29) is 0 Å². The van der Waals surface area contributed by atoms with Crippen molar-refractivity contribution in [3.8, 4) is 5.75 Å². The standard InChI is InChI=1S/C20H24AsO/c1-15(16-7-3-2-4-8-16)21-19-11-5-9-17(13-19)18-10-6-12-20(22)14-18/h2-4,6-8,10,12,14-15,17,19,22H,5,9,11,13H2,1H3. The zero-order valence-electron chi connectivity index (χ0n) is 13.2. The van der Waals surface area contributed by atoms with Crippen LogP contribution in [0.3, 0.4) is 0 Å². The van der Waals surface area contributed by atoms with Crippen LogP contribution in [0.4, 0.5) is 0 Å². The molecule has 1 aliphatic carbocycles. The van der Waals surface area contributed by atoms with Crippen LogP contribution in [0.25, 0.3) is 0 Å². The Morgan fingerprint density at radius 2 is 1.86 bits per heavy atom. The number of benzene rings is 2. The molecule has 0 aliphatic heterocycles. The molecule has 0 spiro atoms. The van der Waals surface area contributed by atoms with Crippen LogP contribution in [0.15, 0.2) is 54.6 Å². The van der Waals surface area contributed by atoms with E-state index in [1.807, 2.05) is 12.1 Å². The van der Waals surface area contributed by atoms with Gasteiger partial charge in [-0.3, -0.25) is 0 Å². The third-order valence-electron chi connectivity index (χ3n) is 4.70. The SMILES string of the molecule is CC([As]C1CCCC(c2cccc(O)c2)C1)c1ccccc1. The van der Waals surface area contributed by atoms with E-state index in [4.69, 9.17) is 0 Å². The normalized spacial score (nSPS) is 23.7. The van der Waals surface area contributed by atoms with Crippen LogP contribution in [-0.4, -0.2) is 20.9 Å². The summed E-state index contributed by atoms with van der Waals surface area (Å²) in [7, 11) is 0. The van der Waals surface area contributed by atoms with Crippen molar-refractivity contribution < 1.29 is 5.11 Å². The summed E-state index contributed by atoms with van der Waals surface area (Å²) in [6.45, 7) is 2.40. The van der Waals surface area contributed by atoms with Crippen molar-refractivity contribution in [2.45, 2.75) is 47.9 Å². The van der Waals surface area contributed by atoms with Gasteiger partial charge >= 0.3 is 140 Å². The molecule has 1 fully saturated rings. The van der Waals surface area contributed by atoms with Crippen molar-refractivity contribution in [3.05, 3.63) is 65.7 Å². The fourth-order valence-corrected chi connectivity index (χ4v) is 7.05. The molecule has 0 aromatic heterocycles. The molecule has 3 rings (SSSR count). The van der Waals surface area contributed by atoms with Gasteiger partial charge in [0.15, 0.2) is 0 Å². The quantitative estimate of drug-likeness (QED) is 0.738. The third-order valence-corrected chi connectivity index (χ3v) is 8.14. The summed E-state index contributed by atoms with van der Waals surface area (Å²) in [5.41, 5.74) is 2.83. The summed E-state index contributed by atoms with van der Waals surface area (Å²) in [6.07, 6.45) is 5.32. The molecule has 115 valence electrons. The molecule has 2 aromatic carbocycles. The van der Waals surface area contributed by atoms with Gasteiger partial charge in [-0.15, -0.1) is 0 Å². The van der Waals surface area contributed by atoms with Crippen LogP contribution in [0.5, 0.6) is 5.75 Å². The second-order valence-electron chi connectivity index (χ2n) is 6.35. The van der Waals surface area contributed by atoms with Gasteiger partial charge in [-0.1, -0.05) is 0 Å². The van der Waals surface area contributed by atoms with E-state index in [0.29, 0.717) is 27.4 Å². The van der Waals surface area contributed by atoms with Gasteiger partial charge in [0.1, 0.15) is 0 Å². The van der Waals surface area contributed by atoms with Crippen LogP contribution in [0.1, 0.15) is 54.4 Å². The molecule has 22 heavy (non-hydrogen) atoms. The molecule has 1 aliphatic rings. The average molecular weight is 355 g/mol. The molecule has 0 saturated heterocycles. The maximum absolute atomic E-state index is 9.71. The number of phenolic OH excluding ortho intramolecular Hbond substituents is 1. The van der Waals surface area contributed by atoms with E-state index >= 15 is 0 Å². The molecule has 0 bridgehead atoms. The first-order valence-corrected chi connectivity index (χ1v) is 10.4. The van der Waals surface area contributed by atoms with Gasteiger partial charge in [0.2, 0.25) is 0 Å². The van der Waals surface area contributed by atoms with Crippen LogP contribution in [0, 0.1) is 0 Å². The minimum absolute atomic E-state index is 0.336. The summed E-state index contributed by atoms with van der Waals surface area (Å²) in [5, 5.41) is 9.71. The molecule has 3 unspecified atom stereocenters. The van der Waals surface area contributed by atoms with Crippen molar-refractivity contribution >= 4 is 15.8 Å². The Morgan fingerprint density at radius 3 is 2.64 bits per heavy atom. The summed E-state index contributed by atoms with van der Waals surface area (Å²) < 4.78 is 1.62. The van der Waals surface area contributed by atoms with Gasteiger partial charge in [0, 0.05) is 0 Å². The Morgan fingerprint density at radius 1 is 1.05 bits per heavy atom. The molecular weight excluding hydrogens is 331 g/mol. The minimum atomic E-state index is 0.336. The van der Waals surface area contributed by atoms with Gasteiger partial charge in [-0.25, -0.2) is 0 Å². The third kappa shape index (κ3) is 3.96. The summed E-state index contributed by atoms with van der Waals surface area (Å²) in [5.74, 6) is 1.05. The second-order valence-corrected chi connectivity index (χ2v) is 10.1. The molecule has 1 radical (unpaired) electrons. The number of hydrogen-bond acceptors (Lipinski definition) is 1. The first kappa shape index (κ1) is 15.7. The van der Waals surface area contributed by atoms with Crippen LogP contribution in [0.2, 0.25) is 4.71 Å². The first-order chi connectivity index (χ1) is 10.7. The van der Waals surface area contributed by atoms with E-state index in [0.717, 1.165) is 9.41 Å². The van der Waals surface area contributed by atoms with Crippen molar-refractivity contribution in [2.24, 2.45) is 0 Å². The molecule has 1 nitrogen and oxygen atoms in total. The van der Waals surface area contributed by atoms with Crippen molar-refractivity contribution in [1.29, 1.82) is 0 Å². The van der Waals surface area contributed by atoms with Gasteiger partial charge in [-0.05, 0) is 0 Å². The second kappa shape index (κ2) is 7.38. The Labute approximate surface area is 140 Å². The van der Waals surface area contributed by atoms with Crippen LogP contribution in [-0.2, 0) is 0 Å². The zero-order valence-corrected chi connectivity index (χ0v) is 15.0. The number of hydrogen-bond donors (Lipinski definition) is 1. The topological polar surface area (TPSA) is 20.2 Å². The van der Waals surface area contributed by atoms with Crippen molar-refractivity contribution in [3.63, 3.8) is 0 Å². The fraction of sp³-hybridized carbons (Fsp3) is 0.400. The molecule has 1 N–H and O–H groups in total. The molecule has 2 heteroatoms. The van der Waals surface area contributed by atoms with Gasteiger partial charge in [0.05, 0.1) is 0 Å². The number of rotatable bonds is 4. The molecular formula is C20H24AsO. The molecule has 3 atom stereocenters. The summed E-state index contributed by atoms with van der Waals surface area (Å²) in [4.78, 5) is 0. The Hall–Kier alpha value is -1.20. The van der Waals surface area contributed by atoms with E-state index in [1.54, 1.807) is 6.07 Å². The maximum atomic E-state index is 9.71. The van der Waals surface area contributed by atoms with Crippen molar-refractivity contribution in [2.75, 3.05) is 0 Å².